The highest BCUT2D eigenvalue weighted by Crippen LogP contribution is 2.22. The van der Waals surface area contributed by atoms with Crippen molar-refractivity contribution in [1.82, 2.24) is 5.43 Å². The van der Waals surface area contributed by atoms with Gasteiger partial charge in [-0.25, -0.2) is 5.43 Å². The van der Waals surface area contributed by atoms with E-state index in [9.17, 15) is 9.59 Å². The van der Waals surface area contributed by atoms with E-state index in [1.807, 2.05) is 54.6 Å². The molecule has 0 spiro atoms. The van der Waals surface area contributed by atoms with Crippen molar-refractivity contribution in [3.05, 3.63) is 90.0 Å². The summed E-state index contributed by atoms with van der Waals surface area (Å²) in [6, 6.07) is 23.9. The standard InChI is InChI=1S/C24H21N3O3/c28-23-10-5-15-27(23)20-13-11-19(12-14-20)24(29)26-25-17-18-6-4-9-22(16-18)30-21-7-2-1-3-8-21/h1-4,6-9,11-14,16-17H,5,10,15H2,(H,26,29)/b25-17+. The second kappa shape index (κ2) is 9.05. The Bertz CT molecular complexity index is 1060. The Morgan fingerprint density at radius 2 is 1.73 bits per heavy atom. The fraction of sp³-hybridized carbons (Fsp3) is 0.125. The molecule has 0 atom stereocenters. The van der Waals surface area contributed by atoms with Gasteiger partial charge >= 0.3 is 0 Å². The average molecular weight is 399 g/mol. The van der Waals surface area contributed by atoms with E-state index in [1.165, 1.54) is 0 Å². The molecule has 0 bridgehead atoms. The van der Waals surface area contributed by atoms with Crippen LogP contribution in [0.1, 0.15) is 28.8 Å². The number of benzene rings is 3. The summed E-state index contributed by atoms with van der Waals surface area (Å²) in [7, 11) is 0. The lowest BCUT2D eigenvalue weighted by Gasteiger charge is -2.15. The minimum absolute atomic E-state index is 0.121. The van der Waals surface area contributed by atoms with Crippen LogP contribution in [0.2, 0.25) is 0 Å². The molecule has 6 heteroatoms. The van der Waals surface area contributed by atoms with Gasteiger partial charge in [0.05, 0.1) is 6.21 Å². The van der Waals surface area contributed by atoms with Crippen LogP contribution in [0.25, 0.3) is 0 Å². The topological polar surface area (TPSA) is 71.0 Å². The summed E-state index contributed by atoms with van der Waals surface area (Å²) in [5, 5.41) is 4.03. The number of hydrogen-bond acceptors (Lipinski definition) is 4. The van der Waals surface area contributed by atoms with Gasteiger partial charge in [-0.1, -0.05) is 30.3 Å². The maximum Gasteiger partial charge on any atom is 0.271 e. The van der Waals surface area contributed by atoms with Crippen molar-refractivity contribution in [2.45, 2.75) is 12.8 Å². The molecule has 1 heterocycles. The van der Waals surface area contributed by atoms with Crippen molar-refractivity contribution in [1.29, 1.82) is 0 Å². The molecule has 0 unspecified atom stereocenters. The van der Waals surface area contributed by atoms with Crippen LogP contribution in [0.15, 0.2) is 84.0 Å². The summed E-state index contributed by atoms with van der Waals surface area (Å²) in [5.41, 5.74) is 4.61. The van der Waals surface area contributed by atoms with E-state index in [0.717, 1.165) is 30.0 Å². The van der Waals surface area contributed by atoms with E-state index in [-0.39, 0.29) is 11.8 Å². The second-order valence-corrected chi connectivity index (χ2v) is 6.88. The highest BCUT2D eigenvalue weighted by molar-refractivity contribution is 5.97. The van der Waals surface area contributed by atoms with Gasteiger partial charge in [0.25, 0.3) is 5.91 Å². The minimum atomic E-state index is -0.317. The number of rotatable bonds is 6. The minimum Gasteiger partial charge on any atom is -0.457 e. The summed E-state index contributed by atoms with van der Waals surface area (Å²) >= 11 is 0. The SMILES string of the molecule is O=C(N/N=C/c1cccc(Oc2ccccc2)c1)c1ccc(N2CCCC2=O)cc1. The third kappa shape index (κ3) is 4.72. The maximum absolute atomic E-state index is 12.3. The zero-order chi connectivity index (χ0) is 20.8. The Kier molecular flexibility index (Phi) is 5.85. The first-order valence-corrected chi connectivity index (χ1v) is 9.76. The van der Waals surface area contributed by atoms with Crippen LogP contribution in [0, 0.1) is 0 Å². The first kappa shape index (κ1) is 19.4. The molecule has 6 nitrogen and oxygen atoms in total. The number of carbonyl (C=O) groups is 2. The third-order valence-electron chi connectivity index (χ3n) is 4.73. The van der Waals surface area contributed by atoms with Gasteiger partial charge in [0.2, 0.25) is 5.91 Å². The fourth-order valence-electron chi connectivity index (χ4n) is 3.23. The van der Waals surface area contributed by atoms with E-state index < -0.39 is 0 Å². The molecule has 4 rings (SSSR count). The molecule has 0 aliphatic carbocycles. The summed E-state index contributed by atoms with van der Waals surface area (Å²) in [6.45, 7) is 0.724. The van der Waals surface area contributed by atoms with E-state index >= 15 is 0 Å². The van der Waals surface area contributed by atoms with Crippen molar-refractivity contribution in [2.24, 2.45) is 5.10 Å². The van der Waals surface area contributed by atoms with Gasteiger partial charge in [-0.2, -0.15) is 5.10 Å². The molecule has 150 valence electrons. The number of anilines is 1. The largest absolute Gasteiger partial charge is 0.457 e. The fourth-order valence-corrected chi connectivity index (χ4v) is 3.23. The summed E-state index contributed by atoms with van der Waals surface area (Å²) in [6.07, 6.45) is 3.01. The number of nitrogens with one attached hydrogen (secondary N) is 1. The predicted octanol–water partition coefficient (Wildman–Crippen LogP) is 4.37. The van der Waals surface area contributed by atoms with Crippen LogP contribution >= 0.6 is 0 Å². The van der Waals surface area contributed by atoms with E-state index in [4.69, 9.17) is 4.74 Å². The monoisotopic (exact) mass is 399 g/mol. The maximum atomic E-state index is 12.3. The van der Waals surface area contributed by atoms with Crippen LogP contribution in [0.5, 0.6) is 11.5 Å². The Morgan fingerprint density at radius 1 is 0.967 bits per heavy atom. The van der Waals surface area contributed by atoms with Gasteiger partial charge in [0.15, 0.2) is 0 Å². The molecule has 2 amide bonds. The van der Waals surface area contributed by atoms with Gasteiger partial charge in [-0.15, -0.1) is 0 Å². The molecule has 0 aromatic heterocycles. The van der Waals surface area contributed by atoms with Crippen molar-refractivity contribution in [3.8, 4) is 11.5 Å². The van der Waals surface area contributed by atoms with Crippen LogP contribution in [0.3, 0.4) is 0 Å². The van der Waals surface area contributed by atoms with E-state index in [1.54, 1.807) is 35.4 Å². The van der Waals surface area contributed by atoms with Gasteiger partial charge in [0, 0.05) is 24.2 Å². The lowest BCUT2D eigenvalue weighted by Crippen LogP contribution is -2.24. The van der Waals surface area contributed by atoms with Crippen LogP contribution < -0.4 is 15.1 Å². The molecule has 1 saturated heterocycles. The quantitative estimate of drug-likeness (QED) is 0.494. The van der Waals surface area contributed by atoms with Gasteiger partial charge < -0.3 is 9.64 Å². The normalized spacial score (nSPS) is 13.6. The first-order chi connectivity index (χ1) is 14.7. The van der Waals surface area contributed by atoms with Crippen molar-refractivity contribution in [2.75, 3.05) is 11.4 Å². The third-order valence-corrected chi connectivity index (χ3v) is 4.73. The molecule has 30 heavy (non-hydrogen) atoms. The van der Waals surface area contributed by atoms with Gasteiger partial charge in [-0.05, 0) is 60.5 Å². The number of ether oxygens (including phenoxy) is 1. The average Bonchev–Trinajstić information content (AvgIpc) is 3.21. The first-order valence-electron chi connectivity index (χ1n) is 9.76. The van der Waals surface area contributed by atoms with Crippen LogP contribution in [-0.2, 0) is 4.79 Å². The zero-order valence-electron chi connectivity index (χ0n) is 16.3. The number of para-hydroxylation sites is 1. The molecule has 3 aromatic carbocycles. The van der Waals surface area contributed by atoms with Crippen molar-refractivity contribution >= 4 is 23.7 Å². The number of hydrazone groups is 1. The number of nitrogens with zero attached hydrogens (tertiary/aromatic N) is 2. The van der Waals surface area contributed by atoms with Crippen molar-refractivity contribution < 1.29 is 14.3 Å². The van der Waals surface area contributed by atoms with Crippen LogP contribution in [-0.4, -0.2) is 24.6 Å². The molecule has 1 N–H and O–H groups in total. The molecular weight excluding hydrogens is 378 g/mol. The lowest BCUT2D eigenvalue weighted by molar-refractivity contribution is -0.117. The Morgan fingerprint density at radius 3 is 2.47 bits per heavy atom. The molecule has 0 saturated carbocycles. The number of carbonyl (C=O) groups excluding carboxylic acids is 2. The summed E-state index contributed by atoms with van der Waals surface area (Å²) < 4.78 is 5.80. The molecule has 1 fully saturated rings. The predicted molar refractivity (Wildman–Crippen MR) is 116 cm³/mol. The van der Waals surface area contributed by atoms with Gasteiger partial charge in [0.1, 0.15) is 11.5 Å². The van der Waals surface area contributed by atoms with Crippen LogP contribution in [0.4, 0.5) is 5.69 Å². The highest BCUT2D eigenvalue weighted by atomic mass is 16.5. The molecule has 0 radical (unpaired) electrons. The summed E-state index contributed by atoms with van der Waals surface area (Å²) in [4.78, 5) is 25.9. The molecular formula is C24H21N3O3. The Hall–Kier alpha value is -3.93. The highest BCUT2D eigenvalue weighted by Gasteiger charge is 2.21. The Labute approximate surface area is 174 Å². The van der Waals surface area contributed by atoms with E-state index in [2.05, 4.69) is 10.5 Å². The number of hydrogen-bond donors (Lipinski definition) is 1. The second-order valence-electron chi connectivity index (χ2n) is 6.88. The molecule has 1 aliphatic heterocycles. The summed E-state index contributed by atoms with van der Waals surface area (Å²) in [5.74, 6) is 1.24. The smallest absolute Gasteiger partial charge is 0.271 e. The van der Waals surface area contributed by atoms with E-state index in [0.29, 0.717) is 17.7 Å². The number of amides is 2. The lowest BCUT2D eigenvalue weighted by atomic mass is 10.2. The Balaban J connectivity index is 1.35. The molecule has 3 aromatic rings. The van der Waals surface area contributed by atoms with Gasteiger partial charge in [-0.3, -0.25) is 9.59 Å². The van der Waals surface area contributed by atoms with Crippen molar-refractivity contribution in [3.63, 3.8) is 0 Å². The molecule has 1 aliphatic rings. The zero-order valence-corrected chi connectivity index (χ0v) is 16.3.